The third kappa shape index (κ3) is 2.71. The second-order valence-corrected chi connectivity index (χ2v) is 6.37. The summed E-state index contributed by atoms with van der Waals surface area (Å²) < 4.78 is 1.77. The van der Waals surface area contributed by atoms with Crippen LogP contribution >= 0.6 is 0 Å². The Morgan fingerprint density at radius 2 is 1.92 bits per heavy atom. The summed E-state index contributed by atoms with van der Waals surface area (Å²) in [5.41, 5.74) is 1.96. The third-order valence-corrected chi connectivity index (χ3v) is 4.76. The van der Waals surface area contributed by atoms with Crippen LogP contribution < -0.4 is 10.5 Å². The average molecular weight is 333 g/mol. The molecule has 1 aliphatic rings. The number of aryl methyl sites for hydroxylation is 1. The van der Waals surface area contributed by atoms with Gasteiger partial charge in [0.05, 0.1) is 10.9 Å². The number of rotatable bonds is 2. The molecule has 0 unspecified atom stereocenters. The molecule has 0 saturated carbocycles. The number of para-hydroxylation sites is 1. The maximum Gasteiger partial charge on any atom is 0.261 e. The van der Waals surface area contributed by atoms with Crippen molar-refractivity contribution in [2.24, 2.45) is 0 Å². The molecule has 0 fully saturated rings. The van der Waals surface area contributed by atoms with Crippen molar-refractivity contribution >= 4 is 22.5 Å². The molecule has 1 aliphatic heterocycles. The van der Waals surface area contributed by atoms with Gasteiger partial charge in [0.1, 0.15) is 5.82 Å². The molecular formula is C20H19N3O2. The fraction of sp³-hybridized carbons (Fsp3) is 0.250. The molecule has 0 radical (unpaired) electrons. The molecule has 5 nitrogen and oxygen atoms in total. The number of benzene rings is 2. The highest BCUT2D eigenvalue weighted by Crippen LogP contribution is 2.19. The van der Waals surface area contributed by atoms with E-state index >= 15 is 0 Å². The summed E-state index contributed by atoms with van der Waals surface area (Å²) in [6.45, 7) is 0.731. The van der Waals surface area contributed by atoms with Crippen LogP contribution in [0.4, 0.5) is 5.69 Å². The number of aromatic nitrogens is 2. The van der Waals surface area contributed by atoms with E-state index in [2.05, 4.69) is 4.98 Å². The molecule has 1 amide bonds. The predicted molar refractivity (Wildman–Crippen MR) is 98.1 cm³/mol. The summed E-state index contributed by atoms with van der Waals surface area (Å²) >= 11 is 0. The van der Waals surface area contributed by atoms with Crippen molar-refractivity contribution in [3.05, 3.63) is 70.3 Å². The average Bonchev–Trinajstić information content (AvgIpc) is 2.67. The van der Waals surface area contributed by atoms with E-state index in [0.29, 0.717) is 16.5 Å². The number of hydrogen-bond donors (Lipinski definition) is 0. The normalized spacial score (nSPS) is 13.5. The van der Waals surface area contributed by atoms with Crippen molar-refractivity contribution in [2.45, 2.75) is 25.8 Å². The summed E-state index contributed by atoms with van der Waals surface area (Å²) in [6, 6.07) is 14.6. The Bertz CT molecular complexity index is 1010. The summed E-state index contributed by atoms with van der Waals surface area (Å²) in [5.74, 6) is 0.706. The summed E-state index contributed by atoms with van der Waals surface area (Å²) in [7, 11) is 1.75. The van der Waals surface area contributed by atoms with E-state index in [1.807, 2.05) is 30.3 Å². The van der Waals surface area contributed by atoms with Gasteiger partial charge in [-0.05, 0) is 43.2 Å². The minimum Gasteiger partial charge on any atom is -0.311 e. The Balaban J connectivity index is 1.76. The number of carbonyl (C=O) groups excluding carboxylic acids is 1. The van der Waals surface area contributed by atoms with Gasteiger partial charge in [-0.2, -0.15) is 0 Å². The van der Waals surface area contributed by atoms with Gasteiger partial charge in [0.15, 0.2) is 0 Å². The van der Waals surface area contributed by atoms with Crippen LogP contribution in [0.3, 0.4) is 0 Å². The fourth-order valence-corrected chi connectivity index (χ4v) is 3.34. The van der Waals surface area contributed by atoms with Crippen molar-refractivity contribution in [3.8, 4) is 0 Å². The maximum atomic E-state index is 12.8. The molecule has 0 aliphatic carbocycles. The first kappa shape index (κ1) is 15.6. The number of anilines is 1. The number of nitrogens with zero attached hydrogens (tertiary/aromatic N) is 3. The minimum absolute atomic E-state index is 0.00453. The molecule has 126 valence electrons. The van der Waals surface area contributed by atoms with Gasteiger partial charge in [-0.15, -0.1) is 0 Å². The lowest BCUT2D eigenvalue weighted by atomic mass is 10.1. The second kappa shape index (κ2) is 6.16. The molecule has 3 aromatic rings. The smallest absolute Gasteiger partial charge is 0.261 e. The van der Waals surface area contributed by atoms with Gasteiger partial charge < -0.3 is 4.90 Å². The van der Waals surface area contributed by atoms with E-state index in [4.69, 9.17) is 0 Å². The summed E-state index contributed by atoms with van der Waals surface area (Å²) in [6.07, 6.45) is 2.87. The molecule has 0 atom stereocenters. The standard InChI is InChI=1S/C20H19N3O2/c1-22(15-7-3-2-4-8-15)19(24)14-10-11-16-17(13-14)21-18-9-5-6-12-23(18)20(16)25/h2-4,7-8,10-11,13H,5-6,9,12H2,1H3. The molecule has 0 bridgehead atoms. The third-order valence-electron chi connectivity index (χ3n) is 4.76. The number of fused-ring (bicyclic) bond motifs is 2. The maximum absolute atomic E-state index is 12.8. The first-order chi connectivity index (χ1) is 12.1. The van der Waals surface area contributed by atoms with Crippen LogP contribution in [0.15, 0.2) is 53.3 Å². The van der Waals surface area contributed by atoms with Gasteiger partial charge in [0.25, 0.3) is 11.5 Å². The van der Waals surface area contributed by atoms with Crippen LogP contribution in [0.5, 0.6) is 0 Å². The van der Waals surface area contributed by atoms with E-state index in [-0.39, 0.29) is 11.5 Å². The molecule has 2 aromatic carbocycles. The van der Waals surface area contributed by atoms with Crippen LogP contribution in [-0.2, 0) is 13.0 Å². The molecule has 0 spiro atoms. The highest BCUT2D eigenvalue weighted by Gasteiger charge is 2.18. The summed E-state index contributed by atoms with van der Waals surface area (Å²) in [5, 5.41) is 0.574. The molecule has 0 saturated heterocycles. The van der Waals surface area contributed by atoms with Crippen LogP contribution in [-0.4, -0.2) is 22.5 Å². The largest absolute Gasteiger partial charge is 0.311 e. The predicted octanol–water partition coefficient (Wildman–Crippen LogP) is 3.01. The zero-order valence-corrected chi connectivity index (χ0v) is 14.1. The summed E-state index contributed by atoms with van der Waals surface area (Å²) in [4.78, 5) is 31.7. The monoisotopic (exact) mass is 333 g/mol. The van der Waals surface area contributed by atoms with Crippen LogP contribution in [0, 0.1) is 0 Å². The van der Waals surface area contributed by atoms with E-state index in [1.165, 1.54) is 0 Å². The Kier molecular flexibility index (Phi) is 3.84. The molecule has 4 rings (SSSR count). The molecule has 2 heterocycles. The fourth-order valence-electron chi connectivity index (χ4n) is 3.34. The van der Waals surface area contributed by atoms with Crippen molar-refractivity contribution in [3.63, 3.8) is 0 Å². The van der Waals surface area contributed by atoms with E-state index in [9.17, 15) is 9.59 Å². The van der Waals surface area contributed by atoms with Crippen molar-refractivity contribution < 1.29 is 4.79 Å². The van der Waals surface area contributed by atoms with E-state index in [1.54, 1.807) is 34.7 Å². The van der Waals surface area contributed by atoms with E-state index in [0.717, 1.165) is 37.3 Å². The number of hydrogen-bond acceptors (Lipinski definition) is 3. The molecular weight excluding hydrogens is 314 g/mol. The quantitative estimate of drug-likeness (QED) is 0.724. The molecule has 5 heteroatoms. The lowest BCUT2D eigenvalue weighted by Gasteiger charge is -2.19. The van der Waals surface area contributed by atoms with Gasteiger partial charge in [0, 0.05) is 31.3 Å². The van der Waals surface area contributed by atoms with Crippen molar-refractivity contribution in [1.29, 1.82) is 0 Å². The molecule has 0 N–H and O–H groups in total. The first-order valence-corrected chi connectivity index (χ1v) is 8.52. The highest BCUT2D eigenvalue weighted by atomic mass is 16.2. The Labute approximate surface area is 145 Å². The molecule has 1 aromatic heterocycles. The zero-order chi connectivity index (χ0) is 17.4. The minimum atomic E-state index is -0.118. The highest BCUT2D eigenvalue weighted by molar-refractivity contribution is 6.07. The van der Waals surface area contributed by atoms with Gasteiger partial charge in [0.2, 0.25) is 0 Å². The number of carbonyl (C=O) groups is 1. The van der Waals surface area contributed by atoms with Gasteiger partial charge in [-0.3, -0.25) is 14.2 Å². The lowest BCUT2D eigenvalue weighted by molar-refractivity contribution is 0.0993. The number of amides is 1. The zero-order valence-electron chi connectivity index (χ0n) is 14.1. The van der Waals surface area contributed by atoms with Crippen LogP contribution in [0.2, 0.25) is 0 Å². The van der Waals surface area contributed by atoms with Crippen molar-refractivity contribution in [2.75, 3.05) is 11.9 Å². The first-order valence-electron chi connectivity index (χ1n) is 8.52. The molecule has 25 heavy (non-hydrogen) atoms. The van der Waals surface area contributed by atoms with Gasteiger partial charge in [-0.25, -0.2) is 4.98 Å². The van der Waals surface area contributed by atoms with Gasteiger partial charge >= 0.3 is 0 Å². The Morgan fingerprint density at radius 3 is 2.72 bits per heavy atom. The van der Waals surface area contributed by atoms with Gasteiger partial charge in [-0.1, -0.05) is 18.2 Å². The topological polar surface area (TPSA) is 55.2 Å². The SMILES string of the molecule is CN(C(=O)c1ccc2c(=O)n3c(nc2c1)CCCC3)c1ccccc1. The van der Waals surface area contributed by atoms with Crippen LogP contribution in [0.1, 0.15) is 29.0 Å². The van der Waals surface area contributed by atoms with E-state index < -0.39 is 0 Å². The van der Waals surface area contributed by atoms with Crippen LogP contribution in [0.25, 0.3) is 10.9 Å². The Hall–Kier alpha value is -2.95. The lowest BCUT2D eigenvalue weighted by Crippen LogP contribution is -2.29. The van der Waals surface area contributed by atoms with Crippen molar-refractivity contribution in [1.82, 2.24) is 9.55 Å². The second-order valence-electron chi connectivity index (χ2n) is 6.37. The Morgan fingerprint density at radius 1 is 1.12 bits per heavy atom.